The fourth-order valence-electron chi connectivity index (χ4n) is 2.73. The van der Waals surface area contributed by atoms with Crippen LogP contribution in [0.15, 0.2) is 24.3 Å². The van der Waals surface area contributed by atoms with E-state index in [0.29, 0.717) is 42.7 Å². The summed E-state index contributed by atoms with van der Waals surface area (Å²) in [4.78, 5) is 37.4. The standard InChI is InChI=1S/C17H20ClNO4S/c1-11(10-19-8-2-3-14(19)15(20)21)16(22)24-17(23)13-6-4-12(9-18)5-7-13/h4-7,11,14H,2-3,8-10H2,1H3,(H,20,21)/t11-,14-/m0/s1. The molecule has 1 aromatic carbocycles. The number of carbonyl (C=O) groups is 3. The Kier molecular flexibility index (Phi) is 6.83. The second kappa shape index (κ2) is 8.65. The molecule has 0 aliphatic carbocycles. The SMILES string of the molecule is C[C@@H](CN1CCC[C@H]1C(=O)O)C(=O)SC(=O)c1ccc(CCl)cc1. The number of aliphatic carboxylic acids is 1. The number of carboxylic acids is 1. The van der Waals surface area contributed by atoms with Crippen molar-refractivity contribution >= 4 is 39.6 Å². The molecular weight excluding hydrogens is 350 g/mol. The Balaban J connectivity index is 1.90. The molecule has 5 nitrogen and oxygen atoms in total. The van der Waals surface area contributed by atoms with Crippen LogP contribution >= 0.6 is 23.4 Å². The van der Waals surface area contributed by atoms with E-state index in [9.17, 15) is 19.5 Å². The molecule has 1 N–H and O–H groups in total. The monoisotopic (exact) mass is 369 g/mol. The van der Waals surface area contributed by atoms with Gasteiger partial charge in [-0.25, -0.2) is 0 Å². The molecule has 2 atom stereocenters. The van der Waals surface area contributed by atoms with Crippen molar-refractivity contribution in [3.05, 3.63) is 35.4 Å². The highest BCUT2D eigenvalue weighted by atomic mass is 35.5. The maximum atomic E-state index is 12.3. The summed E-state index contributed by atoms with van der Waals surface area (Å²) >= 11 is 6.39. The zero-order chi connectivity index (χ0) is 17.7. The maximum Gasteiger partial charge on any atom is 0.320 e. The molecule has 2 rings (SSSR count). The van der Waals surface area contributed by atoms with Crippen LogP contribution in [0.3, 0.4) is 0 Å². The van der Waals surface area contributed by atoms with E-state index >= 15 is 0 Å². The van der Waals surface area contributed by atoms with Crippen molar-refractivity contribution in [2.45, 2.75) is 31.7 Å². The van der Waals surface area contributed by atoms with Gasteiger partial charge in [-0.15, -0.1) is 11.6 Å². The number of carbonyl (C=O) groups excluding carboxylic acids is 2. The van der Waals surface area contributed by atoms with Gasteiger partial charge in [0.25, 0.3) is 0 Å². The molecule has 130 valence electrons. The highest BCUT2D eigenvalue weighted by molar-refractivity contribution is 8.26. The van der Waals surface area contributed by atoms with Crippen LogP contribution in [0.2, 0.25) is 0 Å². The van der Waals surface area contributed by atoms with Crippen molar-refractivity contribution in [3.8, 4) is 0 Å². The highest BCUT2D eigenvalue weighted by Gasteiger charge is 2.32. The molecule has 1 fully saturated rings. The number of thioether (sulfide) groups is 1. The predicted molar refractivity (Wildman–Crippen MR) is 94.3 cm³/mol. The summed E-state index contributed by atoms with van der Waals surface area (Å²) in [6.07, 6.45) is 1.42. The molecule has 0 bridgehead atoms. The first-order valence-corrected chi connectivity index (χ1v) is 9.15. The Labute approximate surface area is 150 Å². The minimum Gasteiger partial charge on any atom is -0.480 e. The Morgan fingerprint density at radius 3 is 2.58 bits per heavy atom. The van der Waals surface area contributed by atoms with Gasteiger partial charge in [-0.2, -0.15) is 0 Å². The van der Waals surface area contributed by atoms with Crippen molar-refractivity contribution in [1.82, 2.24) is 4.90 Å². The fraction of sp³-hybridized carbons (Fsp3) is 0.471. The van der Waals surface area contributed by atoms with Crippen LogP contribution in [0.25, 0.3) is 0 Å². The third-order valence-corrected chi connectivity index (χ3v) is 5.43. The molecule has 0 unspecified atom stereocenters. The van der Waals surface area contributed by atoms with Crippen LogP contribution in [-0.4, -0.2) is 45.3 Å². The van der Waals surface area contributed by atoms with Crippen molar-refractivity contribution in [1.29, 1.82) is 0 Å². The minimum atomic E-state index is -0.852. The molecule has 1 saturated heterocycles. The summed E-state index contributed by atoms with van der Waals surface area (Å²) in [7, 11) is 0. The van der Waals surface area contributed by atoms with E-state index < -0.39 is 17.9 Å². The summed E-state index contributed by atoms with van der Waals surface area (Å²) in [5.41, 5.74) is 1.37. The smallest absolute Gasteiger partial charge is 0.320 e. The largest absolute Gasteiger partial charge is 0.480 e. The van der Waals surface area contributed by atoms with E-state index in [2.05, 4.69) is 0 Å². The number of carboxylic acid groups (broad SMARTS) is 1. The number of likely N-dealkylation sites (tertiary alicyclic amines) is 1. The lowest BCUT2D eigenvalue weighted by Gasteiger charge is -2.23. The number of hydrogen-bond acceptors (Lipinski definition) is 5. The number of halogens is 1. The van der Waals surface area contributed by atoms with E-state index in [4.69, 9.17) is 11.6 Å². The molecule has 0 radical (unpaired) electrons. The van der Waals surface area contributed by atoms with Crippen LogP contribution < -0.4 is 0 Å². The van der Waals surface area contributed by atoms with Gasteiger partial charge < -0.3 is 5.11 Å². The molecule has 0 spiro atoms. The molecule has 7 heteroatoms. The number of rotatable bonds is 6. The Morgan fingerprint density at radius 2 is 2.00 bits per heavy atom. The van der Waals surface area contributed by atoms with Gasteiger partial charge in [0.15, 0.2) is 0 Å². The summed E-state index contributed by atoms with van der Waals surface area (Å²) in [5, 5.41) is 8.64. The van der Waals surface area contributed by atoms with Gasteiger partial charge in [0.1, 0.15) is 6.04 Å². The Hall–Kier alpha value is -1.37. The van der Waals surface area contributed by atoms with Gasteiger partial charge in [-0.3, -0.25) is 19.3 Å². The van der Waals surface area contributed by atoms with E-state index in [1.807, 2.05) is 4.90 Å². The van der Waals surface area contributed by atoms with Crippen LogP contribution in [0.1, 0.15) is 35.7 Å². The lowest BCUT2D eigenvalue weighted by Crippen LogP contribution is -2.39. The molecule has 0 saturated carbocycles. The quantitative estimate of drug-likeness (QED) is 0.777. The van der Waals surface area contributed by atoms with Crippen molar-refractivity contribution < 1.29 is 19.5 Å². The second-order valence-electron chi connectivity index (χ2n) is 5.93. The van der Waals surface area contributed by atoms with Crippen LogP contribution in [0.5, 0.6) is 0 Å². The van der Waals surface area contributed by atoms with Crippen LogP contribution in [-0.2, 0) is 15.5 Å². The Bertz CT molecular complexity index is 620. The minimum absolute atomic E-state index is 0.238. The number of nitrogens with zero attached hydrogens (tertiary/aromatic N) is 1. The zero-order valence-corrected chi connectivity index (χ0v) is 15.0. The molecule has 0 aromatic heterocycles. The van der Waals surface area contributed by atoms with Gasteiger partial charge in [0.05, 0.1) is 0 Å². The van der Waals surface area contributed by atoms with Gasteiger partial charge in [0.2, 0.25) is 10.2 Å². The molecular formula is C17H20ClNO4S. The second-order valence-corrected chi connectivity index (χ2v) is 7.18. The van der Waals surface area contributed by atoms with Crippen LogP contribution in [0.4, 0.5) is 0 Å². The summed E-state index contributed by atoms with van der Waals surface area (Å²) < 4.78 is 0. The van der Waals surface area contributed by atoms with Crippen molar-refractivity contribution in [2.75, 3.05) is 13.1 Å². The predicted octanol–water partition coefficient (Wildman–Crippen LogP) is 3.01. The molecule has 1 aliphatic heterocycles. The molecule has 1 aromatic rings. The number of benzene rings is 1. The first-order valence-electron chi connectivity index (χ1n) is 7.80. The summed E-state index contributed by atoms with van der Waals surface area (Å²) in [6.45, 7) is 2.77. The topological polar surface area (TPSA) is 74.7 Å². The lowest BCUT2D eigenvalue weighted by molar-refractivity contribution is -0.142. The van der Waals surface area contributed by atoms with Gasteiger partial charge in [0, 0.05) is 23.9 Å². The maximum absolute atomic E-state index is 12.3. The zero-order valence-electron chi connectivity index (χ0n) is 13.4. The van der Waals surface area contributed by atoms with Gasteiger partial charge in [-0.05, 0) is 36.7 Å². The first kappa shape index (κ1) is 19.0. The molecule has 24 heavy (non-hydrogen) atoms. The van der Waals surface area contributed by atoms with Crippen molar-refractivity contribution in [2.24, 2.45) is 5.92 Å². The molecule has 0 amide bonds. The summed E-state index contributed by atoms with van der Waals surface area (Å²) in [6, 6.07) is 6.31. The average Bonchev–Trinajstić information content (AvgIpc) is 3.03. The number of hydrogen-bond donors (Lipinski definition) is 1. The van der Waals surface area contributed by atoms with E-state index in [-0.39, 0.29) is 10.2 Å². The third kappa shape index (κ3) is 4.82. The van der Waals surface area contributed by atoms with E-state index in [1.54, 1.807) is 31.2 Å². The normalized spacial score (nSPS) is 19.2. The highest BCUT2D eigenvalue weighted by Crippen LogP contribution is 2.23. The third-order valence-electron chi connectivity index (χ3n) is 4.10. The van der Waals surface area contributed by atoms with Gasteiger partial charge in [-0.1, -0.05) is 31.2 Å². The Morgan fingerprint density at radius 1 is 1.33 bits per heavy atom. The molecule has 1 heterocycles. The average molecular weight is 370 g/mol. The number of alkyl halides is 1. The van der Waals surface area contributed by atoms with Crippen molar-refractivity contribution in [3.63, 3.8) is 0 Å². The fourth-order valence-corrected chi connectivity index (χ4v) is 3.62. The summed E-state index contributed by atoms with van der Waals surface area (Å²) in [5.74, 6) is -0.880. The van der Waals surface area contributed by atoms with Crippen LogP contribution in [0, 0.1) is 5.92 Å². The molecule has 1 aliphatic rings. The van der Waals surface area contributed by atoms with Gasteiger partial charge >= 0.3 is 5.97 Å². The lowest BCUT2D eigenvalue weighted by atomic mass is 10.1. The first-order chi connectivity index (χ1) is 11.4. The van der Waals surface area contributed by atoms with E-state index in [0.717, 1.165) is 12.0 Å². The van der Waals surface area contributed by atoms with E-state index in [1.165, 1.54) is 0 Å².